The lowest BCUT2D eigenvalue weighted by atomic mass is 9.86. The van der Waals surface area contributed by atoms with Crippen molar-refractivity contribution in [1.82, 2.24) is 4.98 Å². The lowest BCUT2D eigenvalue weighted by molar-refractivity contribution is -0.142. The van der Waals surface area contributed by atoms with E-state index in [2.05, 4.69) is 10.3 Å². The average molecular weight is 424 g/mol. The number of benzene rings is 2. The van der Waals surface area contributed by atoms with Crippen LogP contribution < -0.4 is 5.32 Å². The normalized spacial score (nSPS) is 18.5. The number of aromatic nitrogens is 1. The minimum absolute atomic E-state index is 0.0627. The highest BCUT2D eigenvalue weighted by Crippen LogP contribution is 2.33. The van der Waals surface area contributed by atoms with Gasteiger partial charge in [-0.15, -0.1) is 0 Å². The van der Waals surface area contributed by atoms with Crippen LogP contribution in [0.3, 0.4) is 0 Å². The molecule has 2 aromatic carbocycles. The molecule has 0 saturated heterocycles. The summed E-state index contributed by atoms with van der Waals surface area (Å²) in [5.41, 5.74) is 1.62. The summed E-state index contributed by atoms with van der Waals surface area (Å²) in [6, 6.07) is 13.0. The highest BCUT2D eigenvalue weighted by molar-refractivity contribution is 5.75. The van der Waals surface area contributed by atoms with Gasteiger partial charge in [-0.05, 0) is 67.3 Å². The van der Waals surface area contributed by atoms with Gasteiger partial charge in [-0.3, -0.25) is 4.79 Å². The van der Waals surface area contributed by atoms with Crippen LogP contribution in [0.15, 0.2) is 54.6 Å². The molecule has 0 aliphatic heterocycles. The van der Waals surface area contributed by atoms with E-state index in [-0.39, 0.29) is 17.4 Å². The number of hydrogen-bond acceptors (Lipinski definition) is 4. The molecule has 0 amide bonds. The van der Waals surface area contributed by atoms with Gasteiger partial charge in [0.1, 0.15) is 23.2 Å². The van der Waals surface area contributed by atoms with E-state index in [0.29, 0.717) is 35.5 Å². The Balaban J connectivity index is 1.74. The smallest absolute Gasteiger partial charge is 0.306 e. The van der Waals surface area contributed by atoms with Crippen LogP contribution in [0, 0.1) is 17.6 Å². The average Bonchev–Trinajstić information content (AvgIpc) is 2.75. The second-order valence-electron chi connectivity index (χ2n) is 7.84. The lowest BCUT2D eigenvalue weighted by Gasteiger charge is -2.28. The largest absolute Gasteiger partial charge is 0.508 e. The summed E-state index contributed by atoms with van der Waals surface area (Å²) in [7, 11) is 0. The van der Waals surface area contributed by atoms with Crippen molar-refractivity contribution in [3.05, 3.63) is 66.2 Å². The van der Waals surface area contributed by atoms with Crippen LogP contribution in [0.2, 0.25) is 0 Å². The van der Waals surface area contributed by atoms with E-state index in [1.807, 2.05) is 0 Å². The minimum Gasteiger partial charge on any atom is -0.508 e. The predicted molar refractivity (Wildman–Crippen MR) is 114 cm³/mol. The second kappa shape index (κ2) is 8.71. The molecule has 1 aliphatic carbocycles. The van der Waals surface area contributed by atoms with Crippen molar-refractivity contribution in [3.63, 3.8) is 0 Å². The molecule has 7 heteroatoms. The number of carboxylic acids is 1. The standard InChI is InChI=1S/C24H22F2N2O3/c25-17-7-8-21(26)20(13-17)16-11-22(14-3-2-6-19(29)10-14)28-23(12-16)27-18-5-1-4-15(9-18)24(30)31/h2-3,6-8,10-13,15,18,29H,1,4-5,9H2,(H,27,28)(H,30,31). The number of rotatable bonds is 5. The zero-order chi connectivity index (χ0) is 22.0. The molecule has 160 valence electrons. The van der Waals surface area contributed by atoms with E-state index in [9.17, 15) is 23.8 Å². The van der Waals surface area contributed by atoms with Crippen LogP contribution in [0.25, 0.3) is 22.4 Å². The number of hydrogen-bond donors (Lipinski definition) is 3. The fourth-order valence-electron chi connectivity index (χ4n) is 4.05. The quantitative estimate of drug-likeness (QED) is 0.507. The van der Waals surface area contributed by atoms with E-state index >= 15 is 0 Å². The second-order valence-corrected chi connectivity index (χ2v) is 7.84. The van der Waals surface area contributed by atoms with Gasteiger partial charge in [0.25, 0.3) is 0 Å². The first-order valence-corrected chi connectivity index (χ1v) is 10.2. The summed E-state index contributed by atoms with van der Waals surface area (Å²) in [5, 5.41) is 22.5. The molecule has 0 radical (unpaired) electrons. The number of anilines is 1. The zero-order valence-corrected chi connectivity index (χ0v) is 16.7. The summed E-state index contributed by atoms with van der Waals surface area (Å²) < 4.78 is 28.3. The van der Waals surface area contributed by atoms with E-state index < -0.39 is 23.5 Å². The molecule has 2 unspecified atom stereocenters. The molecule has 0 bridgehead atoms. The van der Waals surface area contributed by atoms with Gasteiger partial charge in [0.05, 0.1) is 11.6 Å². The van der Waals surface area contributed by atoms with Gasteiger partial charge < -0.3 is 15.5 Å². The fourth-order valence-corrected chi connectivity index (χ4v) is 4.05. The SMILES string of the molecule is O=C(O)C1CCCC(Nc2cc(-c3cc(F)ccc3F)cc(-c3cccc(O)c3)n2)C1. The van der Waals surface area contributed by atoms with Crippen LogP contribution >= 0.6 is 0 Å². The van der Waals surface area contributed by atoms with Crippen LogP contribution in [0.1, 0.15) is 25.7 Å². The molecule has 1 saturated carbocycles. The molecule has 1 aromatic heterocycles. The number of nitrogens with zero attached hydrogens (tertiary/aromatic N) is 1. The maximum Gasteiger partial charge on any atom is 0.306 e. The Labute approximate surface area is 178 Å². The third-order valence-corrected chi connectivity index (χ3v) is 5.58. The molecular formula is C24H22F2N2O3. The maximum absolute atomic E-state index is 14.5. The van der Waals surface area contributed by atoms with Gasteiger partial charge in [-0.1, -0.05) is 18.6 Å². The Hall–Kier alpha value is -3.48. The molecule has 3 aromatic rings. The highest BCUT2D eigenvalue weighted by Gasteiger charge is 2.27. The lowest BCUT2D eigenvalue weighted by Crippen LogP contribution is -2.31. The van der Waals surface area contributed by atoms with E-state index in [1.54, 1.807) is 30.3 Å². The topological polar surface area (TPSA) is 82.5 Å². The molecule has 0 spiro atoms. The Bertz CT molecular complexity index is 1120. The maximum atomic E-state index is 14.5. The van der Waals surface area contributed by atoms with Gasteiger partial charge in [0.2, 0.25) is 0 Å². The van der Waals surface area contributed by atoms with Crippen LogP contribution in [-0.4, -0.2) is 27.2 Å². The van der Waals surface area contributed by atoms with Crippen molar-refractivity contribution in [3.8, 4) is 28.1 Å². The highest BCUT2D eigenvalue weighted by atomic mass is 19.1. The fraction of sp³-hybridized carbons (Fsp3) is 0.250. The van der Waals surface area contributed by atoms with E-state index in [0.717, 1.165) is 31.0 Å². The van der Waals surface area contributed by atoms with E-state index in [4.69, 9.17) is 0 Å². The third kappa shape index (κ3) is 4.82. The number of halogens is 2. The van der Waals surface area contributed by atoms with Crippen molar-refractivity contribution < 1.29 is 23.8 Å². The molecule has 1 fully saturated rings. The molecule has 1 aliphatic rings. The Morgan fingerprint density at radius 1 is 1.03 bits per heavy atom. The minimum atomic E-state index is -0.810. The summed E-state index contributed by atoms with van der Waals surface area (Å²) >= 11 is 0. The van der Waals surface area contributed by atoms with Crippen molar-refractivity contribution >= 4 is 11.8 Å². The van der Waals surface area contributed by atoms with Crippen LogP contribution in [-0.2, 0) is 4.79 Å². The third-order valence-electron chi connectivity index (χ3n) is 5.58. The Kier molecular flexibility index (Phi) is 5.84. The zero-order valence-electron chi connectivity index (χ0n) is 16.7. The van der Waals surface area contributed by atoms with Gasteiger partial charge in [-0.25, -0.2) is 13.8 Å². The van der Waals surface area contributed by atoms with Crippen LogP contribution in [0.4, 0.5) is 14.6 Å². The first-order valence-electron chi connectivity index (χ1n) is 10.2. The number of aromatic hydroxyl groups is 1. The van der Waals surface area contributed by atoms with Gasteiger partial charge in [-0.2, -0.15) is 0 Å². The number of phenols is 1. The summed E-state index contributed by atoms with van der Waals surface area (Å²) in [5.74, 6) is -1.85. The monoisotopic (exact) mass is 424 g/mol. The van der Waals surface area contributed by atoms with Gasteiger partial charge in [0.15, 0.2) is 0 Å². The number of phenolic OH excluding ortho intramolecular Hbond substituents is 1. The first kappa shape index (κ1) is 20.8. The molecule has 2 atom stereocenters. The van der Waals surface area contributed by atoms with Crippen molar-refractivity contribution in [1.29, 1.82) is 0 Å². The molecule has 1 heterocycles. The molecule has 31 heavy (non-hydrogen) atoms. The van der Waals surface area contributed by atoms with E-state index in [1.165, 1.54) is 6.07 Å². The number of carboxylic acid groups (broad SMARTS) is 1. The summed E-state index contributed by atoms with van der Waals surface area (Å²) in [4.78, 5) is 16.0. The predicted octanol–water partition coefficient (Wildman–Crippen LogP) is 5.45. The molecular weight excluding hydrogens is 402 g/mol. The van der Waals surface area contributed by atoms with Crippen molar-refractivity contribution in [2.45, 2.75) is 31.7 Å². The molecule has 5 nitrogen and oxygen atoms in total. The van der Waals surface area contributed by atoms with Crippen LogP contribution in [0.5, 0.6) is 5.75 Å². The Morgan fingerprint density at radius 2 is 1.87 bits per heavy atom. The van der Waals surface area contributed by atoms with Crippen molar-refractivity contribution in [2.24, 2.45) is 5.92 Å². The molecule has 4 rings (SSSR count). The molecule has 3 N–H and O–H groups in total. The number of nitrogens with one attached hydrogen (secondary N) is 1. The summed E-state index contributed by atoms with van der Waals surface area (Å²) in [6.45, 7) is 0. The van der Waals surface area contributed by atoms with Gasteiger partial charge >= 0.3 is 5.97 Å². The van der Waals surface area contributed by atoms with Gasteiger partial charge in [0, 0.05) is 17.2 Å². The summed E-state index contributed by atoms with van der Waals surface area (Å²) in [6.07, 6.45) is 2.69. The number of aliphatic carboxylic acids is 1. The number of carbonyl (C=O) groups is 1. The number of pyridine rings is 1. The first-order chi connectivity index (χ1) is 14.9. The van der Waals surface area contributed by atoms with Crippen molar-refractivity contribution in [2.75, 3.05) is 5.32 Å². The Morgan fingerprint density at radius 3 is 2.65 bits per heavy atom.